The lowest BCUT2D eigenvalue weighted by molar-refractivity contribution is 0.379. The zero-order valence-corrected chi connectivity index (χ0v) is 11.7. The van der Waals surface area contributed by atoms with Gasteiger partial charge in [0.2, 0.25) is 0 Å². The van der Waals surface area contributed by atoms with Crippen LogP contribution >= 0.6 is 27.3 Å². The minimum absolute atomic E-state index is 0.538. The maximum Gasteiger partial charge on any atom is 0.0365 e. The SMILES string of the molecule is CNC(c1cscc1Br)C1CCC(C)C1. The van der Waals surface area contributed by atoms with Crippen molar-refractivity contribution in [2.75, 3.05) is 7.05 Å². The Bertz CT molecular complexity index is 323. The summed E-state index contributed by atoms with van der Waals surface area (Å²) in [6.45, 7) is 2.37. The lowest BCUT2D eigenvalue weighted by Crippen LogP contribution is -2.23. The lowest BCUT2D eigenvalue weighted by Gasteiger charge is -2.23. The Labute approximate surface area is 104 Å². The molecule has 1 nitrogen and oxygen atoms in total. The van der Waals surface area contributed by atoms with E-state index in [4.69, 9.17) is 0 Å². The van der Waals surface area contributed by atoms with Crippen LogP contribution in [-0.2, 0) is 0 Å². The zero-order valence-electron chi connectivity index (χ0n) is 9.29. The number of nitrogens with one attached hydrogen (secondary N) is 1. The van der Waals surface area contributed by atoms with Gasteiger partial charge in [-0.25, -0.2) is 0 Å². The van der Waals surface area contributed by atoms with E-state index in [0.29, 0.717) is 6.04 Å². The van der Waals surface area contributed by atoms with Gasteiger partial charge in [-0.2, -0.15) is 11.3 Å². The van der Waals surface area contributed by atoms with Crippen molar-refractivity contribution in [1.29, 1.82) is 0 Å². The van der Waals surface area contributed by atoms with Crippen molar-refractivity contribution >= 4 is 27.3 Å². The predicted molar refractivity (Wildman–Crippen MR) is 70.3 cm³/mol. The van der Waals surface area contributed by atoms with Crippen molar-refractivity contribution in [3.63, 3.8) is 0 Å². The second-order valence-electron chi connectivity index (χ2n) is 4.62. The molecule has 0 aromatic carbocycles. The molecular formula is C12H18BrNS. The number of hydrogen-bond donors (Lipinski definition) is 1. The van der Waals surface area contributed by atoms with E-state index in [9.17, 15) is 0 Å². The maximum atomic E-state index is 3.64. The van der Waals surface area contributed by atoms with Crippen LogP contribution in [0.5, 0.6) is 0 Å². The smallest absolute Gasteiger partial charge is 0.0365 e. The lowest BCUT2D eigenvalue weighted by atomic mass is 9.93. The van der Waals surface area contributed by atoms with Crippen LogP contribution < -0.4 is 5.32 Å². The highest BCUT2D eigenvalue weighted by molar-refractivity contribution is 9.10. The second kappa shape index (κ2) is 4.98. The third-order valence-electron chi connectivity index (χ3n) is 3.50. The van der Waals surface area contributed by atoms with Gasteiger partial charge in [0.15, 0.2) is 0 Å². The highest BCUT2D eigenvalue weighted by Gasteiger charge is 2.29. The summed E-state index contributed by atoms with van der Waals surface area (Å²) in [5.41, 5.74) is 1.45. The van der Waals surface area contributed by atoms with E-state index in [1.807, 2.05) is 0 Å². The van der Waals surface area contributed by atoms with Crippen LogP contribution in [0.15, 0.2) is 15.2 Å². The molecule has 15 heavy (non-hydrogen) atoms. The fourth-order valence-electron chi connectivity index (χ4n) is 2.71. The van der Waals surface area contributed by atoms with Gasteiger partial charge in [0.1, 0.15) is 0 Å². The molecule has 0 radical (unpaired) electrons. The molecule has 0 spiro atoms. The number of rotatable bonds is 3. The number of halogens is 1. The monoisotopic (exact) mass is 287 g/mol. The summed E-state index contributed by atoms with van der Waals surface area (Å²) in [5.74, 6) is 1.72. The van der Waals surface area contributed by atoms with E-state index in [-0.39, 0.29) is 0 Å². The normalized spacial score (nSPS) is 28.2. The van der Waals surface area contributed by atoms with Gasteiger partial charge in [0.05, 0.1) is 0 Å². The van der Waals surface area contributed by atoms with Gasteiger partial charge in [-0.1, -0.05) is 13.3 Å². The third-order valence-corrected chi connectivity index (χ3v) is 5.25. The van der Waals surface area contributed by atoms with Crippen molar-refractivity contribution in [2.24, 2.45) is 11.8 Å². The van der Waals surface area contributed by atoms with Gasteiger partial charge in [-0.05, 0) is 58.6 Å². The van der Waals surface area contributed by atoms with Crippen LogP contribution in [0.3, 0.4) is 0 Å². The number of hydrogen-bond acceptors (Lipinski definition) is 2. The molecule has 3 unspecified atom stereocenters. The Morgan fingerprint density at radius 3 is 2.73 bits per heavy atom. The van der Waals surface area contributed by atoms with E-state index >= 15 is 0 Å². The van der Waals surface area contributed by atoms with Crippen molar-refractivity contribution < 1.29 is 0 Å². The molecule has 1 aliphatic rings. The number of thiophene rings is 1. The Hall–Kier alpha value is 0.140. The first kappa shape index (κ1) is 11.6. The van der Waals surface area contributed by atoms with E-state index in [2.05, 4.69) is 46.0 Å². The van der Waals surface area contributed by atoms with Gasteiger partial charge in [-0.15, -0.1) is 0 Å². The first-order valence-electron chi connectivity index (χ1n) is 5.61. The Kier molecular flexibility index (Phi) is 3.86. The predicted octanol–water partition coefficient (Wildman–Crippen LogP) is 4.21. The van der Waals surface area contributed by atoms with Crippen LogP contribution in [-0.4, -0.2) is 7.05 Å². The molecule has 0 saturated heterocycles. The molecular weight excluding hydrogens is 270 g/mol. The summed E-state index contributed by atoms with van der Waals surface area (Å²) in [4.78, 5) is 0. The summed E-state index contributed by atoms with van der Waals surface area (Å²) in [5, 5.41) is 7.94. The van der Waals surface area contributed by atoms with Gasteiger partial charge in [0, 0.05) is 15.9 Å². The molecule has 3 atom stereocenters. The fraction of sp³-hybridized carbons (Fsp3) is 0.667. The van der Waals surface area contributed by atoms with Crippen molar-refractivity contribution in [3.8, 4) is 0 Å². The van der Waals surface area contributed by atoms with Crippen LogP contribution in [0, 0.1) is 11.8 Å². The summed E-state index contributed by atoms with van der Waals surface area (Å²) in [6, 6.07) is 0.538. The Morgan fingerprint density at radius 1 is 1.47 bits per heavy atom. The zero-order chi connectivity index (χ0) is 10.8. The van der Waals surface area contributed by atoms with Crippen LogP contribution in [0.4, 0.5) is 0 Å². The van der Waals surface area contributed by atoms with E-state index in [1.165, 1.54) is 29.3 Å². The highest BCUT2D eigenvalue weighted by atomic mass is 79.9. The topological polar surface area (TPSA) is 12.0 Å². The summed E-state index contributed by atoms with van der Waals surface area (Å²) < 4.78 is 1.27. The standard InChI is InChI=1S/C12H18BrNS/c1-8-3-4-9(5-8)12(14-2)10-6-15-7-11(10)13/h6-9,12,14H,3-5H2,1-2H3. The molecule has 0 amide bonds. The molecule has 0 aliphatic heterocycles. The molecule has 84 valence electrons. The van der Waals surface area contributed by atoms with Crippen LogP contribution in [0.2, 0.25) is 0 Å². The molecule has 0 bridgehead atoms. The summed E-state index contributed by atoms with van der Waals surface area (Å²) >= 11 is 5.42. The molecule has 1 saturated carbocycles. The summed E-state index contributed by atoms with van der Waals surface area (Å²) in [6.07, 6.45) is 4.13. The average molecular weight is 288 g/mol. The molecule has 1 heterocycles. The largest absolute Gasteiger partial charge is 0.313 e. The van der Waals surface area contributed by atoms with E-state index in [1.54, 1.807) is 11.3 Å². The average Bonchev–Trinajstić information content (AvgIpc) is 2.79. The first-order chi connectivity index (χ1) is 7.22. The van der Waals surface area contributed by atoms with Gasteiger partial charge >= 0.3 is 0 Å². The maximum absolute atomic E-state index is 3.64. The highest BCUT2D eigenvalue weighted by Crippen LogP contribution is 2.41. The second-order valence-corrected chi connectivity index (χ2v) is 6.22. The molecule has 2 rings (SSSR count). The molecule has 1 N–H and O–H groups in total. The third kappa shape index (κ3) is 2.45. The summed E-state index contributed by atoms with van der Waals surface area (Å²) in [7, 11) is 2.08. The molecule has 1 fully saturated rings. The molecule has 1 aromatic rings. The van der Waals surface area contributed by atoms with Crippen LogP contribution in [0.25, 0.3) is 0 Å². The van der Waals surface area contributed by atoms with E-state index in [0.717, 1.165) is 11.8 Å². The first-order valence-corrected chi connectivity index (χ1v) is 7.34. The van der Waals surface area contributed by atoms with E-state index < -0.39 is 0 Å². The Balaban J connectivity index is 2.14. The minimum atomic E-state index is 0.538. The molecule has 1 aromatic heterocycles. The molecule has 1 aliphatic carbocycles. The minimum Gasteiger partial charge on any atom is -0.313 e. The van der Waals surface area contributed by atoms with Gasteiger partial charge < -0.3 is 5.32 Å². The van der Waals surface area contributed by atoms with Gasteiger partial charge in [0.25, 0.3) is 0 Å². The van der Waals surface area contributed by atoms with Crippen molar-refractivity contribution in [2.45, 2.75) is 32.2 Å². The van der Waals surface area contributed by atoms with Crippen molar-refractivity contribution in [1.82, 2.24) is 5.32 Å². The fourth-order valence-corrected chi connectivity index (χ4v) is 4.29. The Morgan fingerprint density at radius 2 is 2.27 bits per heavy atom. The quantitative estimate of drug-likeness (QED) is 0.878. The van der Waals surface area contributed by atoms with Crippen molar-refractivity contribution in [3.05, 3.63) is 20.8 Å². The molecule has 3 heteroatoms. The van der Waals surface area contributed by atoms with Gasteiger partial charge in [-0.3, -0.25) is 0 Å². The van der Waals surface area contributed by atoms with Crippen LogP contribution in [0.1, 0.15) is 37.8 Å².